The van der Waals surface area contributed by atoms with E-state index in [1.54, 1.807) is 45.2 Å². The molecule has 0 unspecified atom stereocenters. The fraction of sp³-hybridized carbons (Fsp3) is 0.656. The van der Waals surface area contributed by atoms with Gasteiger partial charge in [0.2, 0.25) is 17.7 Å². The van der Waals surface area contributed by atoms with Gasteiger partial charge in [-0.3, -0.25) is 19.3 Å². The highest BCUT2D eigenvalue weighted by Crippen LogP contribution is 2.14. The molecule has 0 saturated heterocycles. The molecule has 0 spiro atoms. The Morgan fingerprint density at radius 2 is 1.60 bits per heavy atom. The van der Waals surface area contributed by atoms with Gasteiger partial charge in [-0.1, -0.05) is 26.0 Å². The predicted molar refractivity (Wildman–Crippen MR) is 180 cm³/mol. The average Bonchev–Trinajstić information content (AvgIpc) is 3.00. The smallest absolute Gasteiger partial charge is 0.409 e. The first-order chi connectivity index (χ1) is 22.0. The molecule has 0 heterocycles. The number of hydrogen-bond acceptors (Lipinski definition) is 9. The Morgan fingerprint density at radius 3 is 2.17 bits per heavy atom. The van der Waals surface area contributed by atoms with Crippen LogP contribution in [-0.4, -0.2) is 111 Å². The first-order valence-electron chi connectivity index (χ1n) is 15.9. The fourth-order valence-corrected chi connectivity index (χ4v) is 4.07. The second-order valence-electron chi connectivity index (χ2n) is 12.7. The van der Waals surface area contributed by atoms with Crippen LogP contribution >= 0.6 is 0 Å². The van der Waals surface area contributed by atoms with Crippen molar-refractivity contribution in [1.29, 1.82) is 0 Å². The van der Waals surface area contributed by atoms with E-state index in [2.05, 4.69) is 46.9 Å². The molecule has 266 valence electrons. The summed E-state index contributed by atoms with van der Waals surface area (Å²) in [6, 6.07) is 4.22. The summed E-state index contributed by atoms with van der Waals surface area (Å²) in [5.74, 6) is -1.64. The van der Waals surface area contributed by atoms with E-state index in [1.165, 1.54) is 4.90 Å². The number of amides is 6. The number of nitrogens with zero attached hydrogens (tertiary/aromatic N) is 2. The first kappa shape index (κ1) is 41.1. The number of primary amides is 1. The molecule has 47 heavy (non-hydrogen) atoms. The van der Waals surface area contributed by atoms with E-state index in [9.17, 15) is 24.0 Å². The van der Waals surface area contributed by atoms with Crippen LogP contribution in [0.5, 0.6) is 0 Å². The maximum Gasteiger partial charge on any atom is 0.409 e. The minimum absolute atomic E-state index is 0.00968. The number of carbonyl (C=O) groups is 5. The first-order valence-corrected chi connectivity index (χ1v) is 15.9. The van der Waals surface area contributed by atoms with Gasteiger partial charge < -0.3 is 47.1 Å². The fourth-order valence-electron chi connectivity index (χ4n) is 4.07. The molecule has 0 fully saturated rings. The molecular weight excluding hydrogens is 608 g/mol. The van der Waals surface area contributed by atoms with Crippen LogP contribution < -0.4 is 32.7 Å². The maximum atomic E-state index is 13.3. The van der Waals surface area contributed by atoms with Crippen LogP contribution in [0.25, 0.3) is 0 Å². The zero-order chi connectivity index (χ0) is 35.6. The van der Waals surface area contributed by atoms with E-state index >= 15 is 0 Å². The molecule has 0 saturated carbocycles. The summed E-state index contributed by atoms with van der Waals surface area (Å²) in [6.07, 6.45) is 0.158. The van der Waals surface area contributed by atoms with Gasteiger partial charge >= 0.3 is 12.1 Å². The third-order valence-electron chi connectivity index (χ3n) is 7.41. The molecule has 0 aliphatic heterocycles. The third-order valence-corrected chi connectivity index (χ3v) is 7.41. The molecule has 15 heteroatoms. The molecule has 6 amide bonds. The Bertz CT molecular complexity index is 1140. The number of likely N-dealkylation sites (N-methyl/N-ethyl adjacent to an activating group) is 2. The highest BCUT2D eigenvalue weighted by atomic mass is 16.6. The van der Waals surface area contributed by atoms with E-state index < -0.39 is 36.0 Å². The Morgan fingerprint density at radius 1 is 0.936 bits per heavy atom. The standard InChI is InChI=1S/C32H56N8O7/c1-22(2)27(38-26(41)14-19-46-20-15-33)29(43)37-25(9-8-16-35-30(34)44)28(42)36-24-12-10-23(11-13-24)21-47-31(45)39(6)17-18-40(7)32(3,4)5/h10-13,22,25,27H,8-9,14-21,33H2,1-7H3,(H,36,42)(H,37,43)(H,38,41)(H3,34,35,44)/t25-,27-/m0/s1. The number of nitrogens with two attached hydrogens (primary N) is 2. The molecular formula is C32H56N8O7. The van der Waals surface area contributed by atoms with E-state index in [-0.39, 0.29) is 50.0 Å². The molecule has 8 N–H and O–H groups in total. The van der Waals surface area contributed by atoms with Crippen LogP contribution in [0.3, 0.4) is 0 Å². The van der Waals surface area contributed by atoms with Crippen LogP contribution in [0.4, 0.5) is 15.3 Å². The van der Waals surface area contributed by atoms with E-state index in [0.717, 1.165) is 5.56 Å². The lowest BCUT2D eigenvalue weighted by Gasteiger charge is -2.33. The van der Waals surface area contributed by atoms with Crippen molar-refractivity contribution < 1.29 is 33.4 Å². The van der Waals surface area contributed by atoms with Crippen molar-refractivity contribution in [2.45, 2.75) is 78.1 Å². The lowest BCUT2D eigenvalue weighted by Crippen LogP contribution is -2.54. The highest BCUT2D eigenvalue weighted by Gasteiger charge is 2.29. The maximum absolute atomic E-state index is 13.3. The largest absolute Gasteiger partial charge is 0.445 e. The van der Waals surface area contributed by atoms with Gasteiger partial charge in [-0.25, -0.2) is 9.59 Å². The number of hydrogen-bond donors (Lipinski definition) is 6. The van der Waals surface area contributed by atoms with Crippen LogP contribution in [-0.2, 0) is 30.5 Å². The van der Waals surface area contributed by atoms with Crippen molar-refractivity contribution in [3.05, 3.63) is 29.8 Å². The molecule has 1 rings (SSSR count). The number of urea groups is 1. The summed E-state index contributed by atoms with van der Waals surface area (Å²) in [6.45, 7) is 12.2. The lowest BCUT2D eigenvalue weighted by molar-refractivity contribution is -0.132. The number of benzene rings is 1. The molecule has 2 atom stereocenters. The van der Waals surface area contributed by atoms with Crippen molar-refractivity contribution in [2.75, 3.05) is 58.8 Å². The van der Waals surface area contributed by atoms with Gasteiger partial charge in [-0.15, -0.1) is 0 Å². The normalized spacial score (nSPS) is 12.6. The lowest BCUT2D eigenvalue weighted by atomic mass is 10.0. The van der Waals surface area contributed by atoms with Crippen LogP contribution in [0, 0.1) is 5.92 Å². The molecule has 15 nitrogen and oxygen atoms in total. The molecule has 0 bridgehead atoms. The van der Waals surface area contributed by atoms with Gasteiger partial charge in [0.05, 0.1) is 13.2 Å². The number of ether oxygens (including phenoxy) is 2. The van der Waals surface area contributed by atoms with Gasteiger partial charge in [0.15, 0.2) is 0 Å². The molecule has 0 aliphatic rings. The summed E-state index contributed by atoms with van der Waals surface area (Å²) >= 11 is 0. The van der Waals surface area contributed by atoms with Gasteiger partial charge in [-0.05, 0) is 64.3 Å². The Hall–Kier alpha value is -3.95. The Balaban J connectivity index is 2.82. The molecule has 1 aromatic rings. The second kappa shape index (κ2) is 21.0. The summed E-state index contributed by atoms with van der Waals surface area (Å²) in [7, 11) is 3.69. The molecule has 1 aromatic carbocycles. The zero-order valence-electron chi connectivity index (χ0n) is 29.0. The molecule has 0 aliphatic carbocycles. The van der Waals surface area contributed by atoms with Gasteiger partial charge in [0.1, 0.15) is 18.7 Å². The third kappa shape index (κ3) is 17.0. The number of rotatable bonds is 20. The van der Waals surface area contributed by atoms with E-state index in [4.69, 9.17) is 20.9 Å². The summed E-state index contributed by atoms with van der Waals surface area (Å²) in [5, 5.41) is 10.7. The van der Waals surface area contributed by atoms with Gasteiger partial charge in [0, 0.05) is 50.9 Å². The highest BCUT2D eigenvalue weighted by molar-refractivity contribution is 5.98. The van der Waals surface area contributed by atoms with Gasteiger partial charge in [-0.2, -0.15) is 0 Å². The average molecular weight is 665 g/mol. The van der Waals surface area contributed by atoms with Crippen LogP contribution in [0.2, 0.25) is 0 Å². The van der Waals surface area contributed by atoms with E-state index in [1.807, 2.05) is 7.05 Å². The number of nitrogens with one attached hydrogen (secondary N) is 4. The monoisotopic (exact) mass is 664 g/mol. The second-order valence-corrected chi connectivity index (χ2v) is 12.7. The van der Waals surface area contributed by atoms with Crippen molar-refractivity contribution in [3.63, 3.8) is 0 Å². The van der Waals surface area contributed by atoms with Crippen molar-refractivity contribution in [3.8, 4) is 0 Å². The Kier molecular flexibility index (Phi) is 18.4. The molecule has 0 aromatic heterocycles. The van der Waals surface area contributed by atoms with Crippen LogP contribution in [0.15, 0.2) is 24.3 Å². The number of carbonyl (C=O) groups excluding carboxylic acids is 5. The summed E-state index contributed by atoms with van der Waals surface area (Å²) in [4.78, 5) is 66.2. The minimum Gasteiger partial charge on any atom is -0.445 e. The topological polar surface area (TPSA) is 210 Å². The van der Waals surface area contributed by atoms with Gasteiger partial charge in [0.25, 0.3) is 0 Å². The number of anilines is 1. The minimum atomic E-state index is -0.975. The predicted octanol–water partition coefficient (Wildman–Crippen LogP) is 1.36. The quantitative estimate of drug-likeness (QED) is 0.111. The Labute approximate surface area is 278 Å². The van der Waals surface area contributed by atoms with E-state index in [0.29, 0.717) is 38.3 Å². The van der Waals surface area contributed by atoms with Crippen LogP contribution in [0.1, 0.15) is 59.4 Å². The van der Waals surface area contributed by atoms with Crippen molar-refractivity contribution in [1.82, 2.24) is 25.8 Å². The van der Waals surface area contributed by atoms with Crippen molar-refractivity contribution in [2.24, 2.45) is 17.4 Å². The van der Waals surface area contributed by atoms with Crippen molar-refractivity contribution >= 4 is 35.5 Å². The molecule has 0 radical (unpaired) electrons. The summed E-state index contributed by atoms with van der Waals surface area (Å²) < 4.78 is 10.7. The SMILES string of the molecule is CC(C)[C@H](NC(=O)CCOCCN)C(=O)N[C@@H](CCCNC(N)=O)C(=O)Nc1ccc(COC(=O)N(C)CCN(C)C(C)(C)C)cc1. The zero-order valence-corrected chi connectivity index (χ0v) is 29.0. The summed E-state index contributed by atoms with van der Waals surface area (Å²) in [5.41, 5.74) is 11.7.